The average Bonchev–Trinajstić information content (AvgIpc) is 3.28. The van der Waals surface area contributed by atoms with Crippen LogP contribution in [0.1, 0.15) is 17.8 Å². The van der Waals surface area contributed by atoms with E-state index in [1.54, 1.807) is 23.5 Å². The van der Waals surface area contributed by atoms with E-state index >= 15 is 0 Å². The van der Waals surface area contributed by atoms with E-state index in [-0.39, 0.29) is 17.9 Å². The van der Waals surface area contributed by atoms with Gasteiger partial charge >= 0.3 is 11.8 Å². The second kappa shape index (κ2) is 11.4. The number of amides is 2. The number of nitrogens with one attached hydrogen (secondary N) is 2. The Labute approximate surface area is 193 Å². The van der Waals surface area contributed by atoms with Crippen molar-refractivity contribution in [2.75, 3.05) is 58.3 Å². The van der Waals surface area contributed by atoms with Gasteiger partial charge in [-0.1, -0.05) is 18.2 Å². The van der Waals surface area contributed by atoms with Gasteiger partial charge in [0.2, 0.25) is 0 Å². The fraction of sp³-hybridized carbons (Fsp3) is 0.478. The Balaban J connectivity index is 1.63. The monoisotopic (exact) mass is 461 g/mol. The molecule has 1 fully saturated rings. The Hall–Kier alpha value is -2.49. The molecule has 2 atom stereocenters. The predicted octanol–water partition coefficient (Wildman–Crippen LogP) is 1.93. The number of likely N-dealkylation sites (N-methyl/N-ethyl adjacent to an activating group) is 1. The molecule has 32 heavy (non-hydrogen) atoms. The molecule has 1 aromatic carbocycles. The summed E-state index contributed by atoms with van der Waals surface area (Å²) in [6.45, 7) is 5.85. The van der Waals surface area contributed by atoms with Crippen LogP contribution in [0.5, 0.6) is 0 Å². The number of piperazine rings is 1. The molecule has 1 saturated heterocycles. The SMILES string of the molecule is C[C@@H](NC(=O)C(=O)NCCN(C)C)[C@@H](c1cccs1)N1CCN(c2ccccc2F)CC1. The zero-order valence-corrected chi connectivity index (χ0v) is 19.7. The number of para-hydroxylation sites is 1. The third kappa shape index (κ3) is 6.27. The van der Waals surface area contributed by atoms with Gasteiger partial charge < -0.3 is 20.4 Å². The first-order valence-electron chi connectivity index (χ1n) is 10.9. The maximum atomic E-state index is 14.2. The Kier molecular flexibility index (Phi) is 8.60. The van der Waals surface area contributed by atoms with Gasteiger partial charge in [-0.3, -0.25) is 14.5 Å². The number of carbonyl (C=O) groups excluding carboxylic acids is 2. The minimum absolute atomic E-state index is 0.0590. The highest BCUT2D eigenvalue weighted by Gasteiger charge is 2.32. The van der Waals surface area contributed by atoms with Crippen LogP contribution in [0.2, 0.25) is 0 Å². The molecule has 1 aliphatic heterocycles. The first-order chi connectivity index (χ1) is 15.4. The second-order valence-electron chi connectivity index (χ2n) is 8.26. The zero-order chi connectivity index (χ0) is 23.1. The minimum Gasteiger partial charge on any atom is -0.367 e. The number of nitrogens with zero attached hydrogens (tertiary/aromatic N) is 3. The van der Waals surface area contributed by atoms with E-state index < -0.39 is 11.8 Å². The van der Waals surface area contributed by atoms with Crippen molar-refractivity contribution in [2.45, 2.75) is 19.0 Å². The van der Waals surface area contributed by atoms with Crippen LogP contribution in [0, 0.1) is 5.82 Å². The van der Waals surface area contributed by atoms with Crippen LogP contribution >= 0.6 is 11.3 Å². The van der Waals surface area contributed by atoms with Crippen molar-refractivity contribution in [2.24, 2.45) is 0 Å². The standard InChI is InChI=1S/C23H32FN5O2S/c1-17(26-23(31)22(30)25-10-11-27(2)3)21(20-9-6-16-32-20)29-14-12-28(13-15-29)19-8-5-4-7-18(19)24/h4-9,16-17,21H,10-15H2,1-3H3,(H,25,30)(H,26,31)/t17-,21+/m1/s1. The summed E-state index contributed by atoms with van der Waals surface area (Å²) in [5.41, 5.74) is 0.621. The number of benzene rings is 1. The molecule has 3 rings (SSSR count). The number of hydrogen-bond donors (Lipinski definition) is 2. The van der Waals surface area contributed by atoms with Crippen molar-refractivity contribution in [3.8, 4) is 0 Å². The van der Waals surface area contributed by atoms with Crippen LogP contribution in [0.3, 0.4) is 0 Å². The maximum Gasteiger partial charge on any atom is 0.309 e. The largest absolute Gasteiger partial charge is 0.367 e. The molecule has 0 bridgehead atoms. The van der Waals surface area contributed by atoms with Gasteiger partial charge in [-0.25, -0.2) is 4.39 Å². The third-order valence-electron chi connectivity index (χ3n) is 5.62. The molecule has 0 unspecified atom stereocenters. The summed E-state index contributed by atoms with van der Waals surface area (Å²) in [6, 6.07) is 10.6. The zero-order valence-electron chi connectivity index (χ0n) is 18.9. The van der Waals surface area contributed by atoms with Crippen LogP contribution in [0.15, 0.2) is 41.8 Å². The molecule has 9 heteroatoms. The molecule has 0 spiro atoms. The molecular formula is C23H32FN5O2S. The highest BCUT2D eigenvalue weighted by molar-refractivity contribution is 7.10. The van der Waals surface area contributed by atoms with Gasteiger partial charge in [-0.2, -0.15) is 0 Å². The normalized spacial score (nSPS) is 16.6. The van der Waals surface area contributed by atoms with Crippen LogP contribution < -0.4 is 15.5 Å². The lowest BCUT2D eigenvalue weighted by atomic mass is 10.0. The van der Waals surface area contributed by atoms with Gasteiger partial charge in [0.05, 0.1) is 11.7 Å². The van der Waals surface area contributed by atoms with Gasteiger partial charge in [0.1, 0.15) is 5.82 Å². The van der Waals surface area contributed by atoms with Crippen LogP contribution in [0.25, 0.3) is 0 Å². The van der Waals surface area contributed by atoms with Crippen LogP contribution in [-0.4, -0.2) is 81.0 Å². The molecule has 1 aromatic heterocycles. The van der Waals surface area contributed by atoms with Crippen molar-refractivity contribution in [1.82, 2.24) is 20.4 Å². The van der Waals surface area contributed by atoms with E-state index in [2.05, 4.69) is 26.5 Å². The predicted molar refractivity (Wildman–Crippen MR) is 126 cm³/mol. The van der Waals surface area contributed by atoms with Gasteiger partial charge in [0.15, 0.2) is 0 Å². The fourth-order valence-electron chi connectivity index (χ4n) is 3.98. The number of anilines is 1. The van der Waals surface area contributed by atoms with E-state index in [1.165, 1.54) is 6.07 Å². The highest BCUT2D eigenvalue weighted by Crippen LogP contribution is 2.30. The molecule has 2 heterocycles. The smallest absolute Gasteiger partial charge is 0.309 e. The lowest BCUT2D eigenvalue weighted by Crippen LogP contribution is -2.54. The molecule has 2 N–H and O–H groups in total. The Morgan fingerprint density at radius 1 is 1.09 bits per heavy atom. The van der Waals surface area contributed by atoms with E-state index in [1.807, 2.05) is 43.4 Å². The van der Waals surface area contributed by atoms with Crippen molar-refractivity contribution in [3.05, 3.63) is 52.5 Å². The van der Waals surface area contributed by atoms with Gasteiger partial charge in [-0.15, -0.1) is 11.3 Å². The van der Waals surface area contributed by atoms with Crippen LogP contribution in [-0.2, 0) is 9.59 Å². The number of thiophene rings is 1. The third-order valence-corrected chi connectivity index (χ3v) is 6.56. The lowest BCUT2D eigenvalue weighted by Gasteiger charge is -2.42. The molecule has 2 amide bonds. The summed E-state index contributed by atoms with van der Waals surface area (Å²) in [6.07, 6.45) is 0. The van der Waals surface area contributed by atoms with Gasteiger partial charge in [0, 0.05) is 50.2 Å². The van der Waals surface area contributed by atoms with Gasteiger partial charge in [-0.05, 0) is 44.6 Å². The molecular weight excluding hydrogens is 429 g/mol. The summed E-state index contributed by atoms with van der Waals surface area (Å²) in [7, 11) is 3.82. The first kappa shape index (κ1) is 24.2. The number of halogens is 1. The topological polar surface area (TPSA) is 67.9 Å². The summed E-state index contributed by atoms with van der Waals surface area (Å²) in [4.78, 5) is 32.1. The summed E-state index contributed by atoms with van der Waals surface area (Å²) in [5.74, 6) is -1.45. The van der Waals surface area contributed by atoms with Crippen molar-refractivity contribution >= 4 is 28.8 Å². The fourth-order valence-corrected chi connectivity index (χ4v) is 4.94. The van der Waals surface area contributed by atoms with E-state index in [4.69, 9.17) is 0 Å². The molecule has 7 nitrogen and oxygen atoms in total. The lowest BCUT2D eigenvalue weighted by molar-refractivity contribution is -0.139. The molecule has 2 aromatic rings. The Morgan fingerprint density at radius 3 is 2.44 bits per heavy atom. The molecule has 0 radical (unpaired) electrons. The van der Waals surface area contributed by atoms with Crippen LogP contribution in [0.4, 0.5) is 10.1 Å². The van der Waals surface area contributed by atoms with Crippen molar-refractivity contribution < 1.29 is 14.0 Å². The van der Waals surface area contributed by atoms with Gasteiger partial charge in [0.25, 0.3) is 0 Å². The molecule has 174 valence electrons. The molecule has 0 aliphatic carbocycles. The number of hydrogen-bond acceptors (Lipinski definition) is 6. The minimum atomic E-state index is -0.622. The Morgan fingerprint density at radius 2 is 1.81 bits per heavy atom. The van der Waals surface area contributed by atoms with Crippen molar-refractivity contribution in [1.29, 1.82) is 0 Å². The Bertz CT molecular complexity index is 884. The average molecular weight is 462 g/mol. The highest BCUT2D eigenvalue weighted by atomic mass is 32.1. The number of rotatable bonds is 8. The second-order valence-corrected chi connectivity index (χ2v) is 9.24. The summed E-state index contributed by atoms with van der Waals surface area (Å²) < 4.78 is 14.2. The quantitative estimate of drug-likeness (QED) is 0.588. The summed E-state index contributed by atoms with van der Waals surface area (Å²) >= 11 is 1.63. The van der Waals surface area contributed by atoms with E-state index in [0.29, 0.717) is 31.9 Å². The maximum absolute atomic E-state index is 14.2. The first-order valence-corrected chi connectivity index (χ1v) is 11.7. The summed E-state index contributed by atoms with van der Waals surface area (Å²) in [5, 5.41) is 7.55. The van der Waals surface area contributed by atoms with E-state index in [9.17, 15) is 14.0 Å². The molecule has 0 saturated carbocycles. The van der Waals surface area contributed by atoms with E-state index in [0.717, 1.165) is 18.0 Å². The number of carbonyl (C=O) groups is 2. The van der Waals surface area contributed by atoms with Crippen molar-refractivity contribution in [3.63, 3.8) is 0 Å². The molecule has 1 aliphatic rings.